The molecule has 0 aromatic heterocycles. The lowest BCUT2D eigenvalue weighted by Gasteiger charge is -2.42. The first-order chi connectivity index (χ1) is 17.7. The molecule has 4 atom stereocenters. The third-order valence-corrected chi connectivity index (χ3v) is 8.20. The second kappa shape index (κ2) is 10.4. The third-order valence-electron chi connectivity index (χ3n) is 7.74. The van der Waals surface area contributed by atoms with Crippen LogP contribution in [0.4, 0.5) is 10.1 Å². The molecule has 2 fully saturated rings. The number of hydrogen-bond donors (Lipinski definition) is 4. The molecule has 0 radical (unpaired) electrons. The summed E-state index contributed by atoms with van der Waals surface area (Å²) in [7, 11) is 0. The molecule has 2 aliphatic heterocycles. The molecule has 6 nitrogen and oxygen atoms in total. The van der Waals surface area contributed by atoms with Gasteiger partial charge in [-0.3, -0.25) is 9.59 Å². The smallest absolute Gasteiger partial charge is 0.238 e. The monoisotopic (exact) mass is 563 g/mol. The van der Waals surface area contributed by atoms with E-state index < -0.39 is 35.7 Å². The Hall–Kier alpha value is -2.19. The zero-order valence-corrected chi connectivity index (χ0v) is 23.7. The van der Waals surface area contributed by atoms with E-state index in [1.165, 1.54) is 6.08 Å². The average molecular weight is 565 g/mol. The van der Waals surface area contributed by atoms with Crippen molar-refractivity contribution in [1.82, 2.24) is 10.6 Å². The number of nitrogens with one attached hydrogen (secondary N) is 3. The first-order valence-corrected chi connectivity index (χ1v) is 13.6. The van der Waals surface area contributed by atoms with E-state index in [0.717, 1.165) is 5.56 Å². The van der Waals surface area contributed by atoms with E-state index in [9.17, 15) is 19.1 Å². The molecule has 1 saturated carbocycles. The van der Waals surface area contributed by atoms with Crippen molar-refractivity contribution in [3.63, 3.8) is 0 Å². The van der Waals surface area contributed by atoms with Crippen molar-refractivity contribution in [2.45, 2.75) is 76.1 Å². The number of carbonyl (C=O) groups is 2. The van der Waals surface area contributed by atoms with Crippen LogP contribution in [0.15, 0.2) is 53.6 Å². The Labute approximate surface area is 233 Å². The van der Waals surface area contributed by atoms with Crippen molar-refractivity contribution in [2.24, 2.45) is 11.3 Å². The second-order valence-corrected chi connectivity index (χ2v) is 13.2. The van der Waals surface area contributed by atoms with Gasteiger partial charge in [0.15, 0.2) is 0 Å². The Morgan fingerprint density at radius 3 is 2.63 bits per heavy atom. The SMILES string of the molecule is C=C(/C=C\C=C(\Cl)CF)[C@H]1[C@H](C(=O)NC2CC(C)(O)C2)N[C@H](CC(C)(C)C)[C@]12C(=O)Nc1cc(Cl)ccc12. The number of carbonyl (C=O) groups excluding carboxylic acids is 2. The van der Waals surface area contributed by atoms with Crippen LogP contribution in [-0.2, 0) is 15.0 Å². The summed E-state index contributed by atoms with van der Waals surface area (Å²) < 4.78 is 12.9. The lowest BCUT2D eigenvalue weighted by atomic mass is 9.62. The summed E-state index contributed by atoms with van der Waals surface area (Å²) in [6.45, 7) is 11.5. The molecule has 4 rings (SSSR count). The van der Waals surface area contributed by atoms with Crippen molar-refractivity contribution < 1.29 is 19.1 Å². The minimum atomic E-state index is -1.14. The number of fused-ring (bicyclic) bond motifs is 2. The van der Waals surface area contributed by atoms with Crippen molar-refractivity contribution in [3.8, 4) is 0 Å². The zero-order chi connectivity index (χ0) is 28.0. The lowest BCUT2D eigenvalue weighted by Crippen LogP contribution is -2.57. The maximum absolute atomic E-state index is 14.0. The summed E-state index contributed by atoms with van der Waals surface area (Å²) >= 11 is 12.1. The number of rotatable bonds is 7. The minimum Gasteiger partial charge on any atom is -0.390 e. The molecule has 1 saturated heterocycles. The van der Waals surface area contributed by atoms with E-state index in [1.54, 1.807) is 31.2 Å². The van der Waals surface area contributed by atoms with Crippen LogP contribution in [0.5, 0.6) is 0 Å². The van der Waals surface area contributed by atoms with Gasteiger partial charge in [-0.2, -0.15) is 0 Å². The molecule has 206 valence electrons. The molecule has 2 heterocycles. The van der Waals surface area contributed by atoms with E-state index in [0.29, 0.717) is 35.5 Å². The average Bonchev–Trinajstić information content (AvgIpc) is 3.26. The molecule has 0 unspecified atom stereocenters. The topological polar surface area (TPSA) is 90.5 Å². The molecule has 38 heavy (non-hydrogen) atoms. The predicted octanol–water partition coefficient (Wildman–Crippen LogP) is 5.16. The largest absolute Gasteiger partial charge is 0.390 e. The van der Waals surface area contributed by atoms with Gasteiger partial charge in [0, 0.05) is 33.7 Å². The van der Waals surface area contributed by atoms with E-state index in [2.05, 4.69) is 43.3 Å². The summed E-state index contributed by atoms with van der Waals surface area (Å²) in [6.07, 6.45) is 6.22. The van der Waals surface area contributed by atoms with Gasteiger partial charge in [0.2, 0.25) is 11.8 Å². The van der Waals surface area contributed by atoms with Crippen molar-refractivity contribution in [3.05, 3.63) is 64.2 Å². The van der Waals surface area contributed by atoms with Gasteiger partial charge < -0.3 is 21.1 Å². The van der Waals surface area contributed by atoms with Gasteiger partial charge in [-0.05, 0) is 60.9 Å². The Morgan fingerprint density at radius 2 is 2.03 bits per heavy atom. The van der Waals surface area contributed by atoms with Gasteiger partial charge in [-0.1, -0.05) is 68.8 Å². The third kappa shape index (κ3) is 5.44. The first kappa shape index (κ1) is 28.8. The Balaban J connectivity index is 1.82. The highest BCUT2D eigenvalue weighted by Gasteiger charge is 2.65. The number of aliphatic hydroxyl groups is 1. The number of alkyl halides is 1. The highest BCUT2D eigenvalue weighted by molar-refractivity contribution is 6.31. The fourth-order valence-electron chi connectivity index (χ4n) is 6.29. The molecule has 4 N–H and O–H groups in total. The zero-order valence-electron chi connectivity index (χ0n) is 22.2. The van der Waals surface area contributed by atoms with E-state index in [4.69, 9.17) is 23.2 Å². The molecule has 0 bridgehead atoms. The van der Waals surface area contributed by atoms with Crippen LogP contribution < -0.4 is 16.0 Å². The fraction of sp³-hybridized carbons (Fsp3) is 0.517. The number of anilines is 1. The van der Waals surface area contributed by atoms with Gasteiger partial charge >= 0.3 is 0 Å². The number of allylic oxidation sites excluding steroid dienone is 4. The standard InChI is InChI=1S/C29H36Cl2FN3O3/c1-16(7-6-8-18(31)15-32)23-24(25(36)33-19-12-28(5,38)13-19)35-22(14-27(2,3)4)29(23)20-10-9-17(30)11-21(20)34-26(29)37/h6-11,19,22-24,35,38H,1,12-15H2,2-5H3,(H,33,36)(H,34,37)/b7-6-,18-8+/t19?,22-,23+,24-,28?,29+/m1/s1. The van der Waals surface area contributed by atoms with Crippen molar-refractivity contribution in [1.29, 1.82) is 0 Å². The van der Waals surface area contributed by atoms with E-state index in [-0.39, 0.29) is 28.3 Å². The summed E-state index contributed by atoms with van der Waals surface area (Å²) in [5.74, 6) is -1.14. The van der Waals surface area contributed by atoms with Crippen LogP contribution in [0.1, 0.15) is 52.5 Å². The van der Waals surface area contributed by atoms with Gasteiger partial charge in [0.05, 0.1) is 11.6 Å². The molecule has 3 aliphatic rings. The summed E-state index contributed by atoms with van der Waals surface area (Å²) in [6, 6.07) is 3.99. The van der Waals surface area contributed by atoms with Crippen molar-refractivity contribution >= 4 is 40.7 Å². The van der Waals surface area contributed by atoms with Crippen LogP contribution in [-0.4, -0.2) is 47.3 Å². The maximum Gasteiger partial charge on any atom is 0.238 e. The number of benzene rings is 1. The minimum absolute atomic E-state index is 0.0313. The molecule has 9 heteroatoms. The fourth-order valence-corrected chi connectivity index (χ4v) is 6.54. The quantitative estimate of drug-likeness (QED) is 0.345. The molecule has 2 amide bonds. The van der Waals surface area contributed by atoms with E-state index >= 15 is 0 Å². The Morgan fingerprint density at radius 1 is 1.34 bits per heavy atom. The summed E-state index contributed by atoms with van der Waals surface area (Å²) in [5.41, 5.74) is -0.206. The molecule has 1 aliphatic carbocycles. The predicted molar refractivity (Wildman–Crippen MR) is 150 cm³/mol. The highest BCUT2D eigenvalue weighted by atomic mass is 35.5. The van der Waals surface area contributed by atoms with E-state index in [1.807, 2.05) is 6.07 Å². The van der Waals surface area contributed by atoms with Crippen LogP contribution in [0, 0.1) is 11.3 Å². The summed E-state index contributed by atoms with van der Waals surface area (Å²) in [5, 5.41) is 20.3. The van der Waals surface area contributed by atoms with Gasteiger partial charge in [0.1, 0.15) is 12.1 Å². The van der Waals surface area contributed by atoms with Gasteiger partial charge in [-0.25, -0.2) is 4.39 Å². The number of halogens is 3. The maximum atomic E-state index is 14.0. The molecular formula is C29H36Cl2FN3O3. The number of hydrogen-bond acceptors (Lipinski definition) is 4. The summed E-state index contributed by atoms with van der Waals surface area (Å²) in [4.78, 5) is 27.8. The molecular weight excluding hydrogens is 528 g/mol. The van der Waals surface area contributed by atoms with Crippen LogP contribution in [0.3, 0.4) is 0 Å². The van der Waals surface area contributed by atoms with Crippen molar-refractivity contribution in [2.75, 3.05) is 12.0 Å². The molecule has 1 aromatic carbocycles. The van der Waals surface area contributed by atoms with Gasteiger partial charge in [0.25, 0.3) is 0 Å². The van der Waals surface area contributed by atoms with Crippen LogP contribution >= 0.6 is 23.2 Å². The first-order valence-electron chi connectivity index (χ1n) is 12.9. The highest BCUT2D eigenvalue weighted by Crippen LogP contribution is 2.55. The van der Waals surface area contributed by atoms with Crippen LogP contribution in [0.2, 0.25) is 5.02 Å². The number of amides is 2. The second-order valence-electron chi connectivity index (χ2n) is 12.2. The van der Waals surface area contributed by atoms with Crippen LogP contribution in [0.25, 0.3) is 0 Å². The molecule has 1 spiro atoms. The van der Waals surface area contributed by atoms with Gasteiger partial charge in [-0.15, -0.1) is 0 Å². The lowest BCUT2D eigenvalue weighted by molar-refractivity contribution is -0.127. The normalized spacial score (nSPS) is 32.8. The molecule has 1 aromatic rings. The Kier molecular flexibility index (Phi) is 7.90. The Bertz CT molecular complexity index is 1200.